The van der Waals surface area contributed by atoms with Crippen LogP contribution in [0.2, 0.25) is 0 Å². The van der Waals surface area contributed by atoms with Crippen LogP contribution in [-0.2, 0) is 18.7 Å². The molecular weight excluding hydrogens is 243 g/mol. The van der Waals surface area contributed by atoms with Crippen molar-refractivity contribution >= 4 is 7.82 Å². The van der Waals surface area contributed by atoms with Crippen LogP contribution < -0.4 is 0 Å². The normalized spacial score (nSPS) is 16.7. The molecule has 17 heavy (non-hydrogen) atoms. The second kappa shape index (κ2) is 10.0. The second-order valence-electron chi connectivity index (χ2n) is 4.00. The largest absolute Gasteiger partial charge is 0.499 e. The molecule has 5 nitrogen and oxygen atoms in total. The Morgan fingerprint density at radius 2 is 1.88 bits per heavy atom. The molecule has 0 radical (unpaired) electrons. The Bertz CT molecular complexity index is 222. The van der Waals surface area contributed by atoms with E-state index in [0.29, 0.717) is 6.42 Å². The van der Waals surface area contributed by atoms with E-state index in [0.717, 1.165) is 32.1 Å². The third-order valence-corrected chi connectivity index (χ3v) is 3.10. The van der Waals surface area contributed by atoms with Crippen LogP contribution in [0, 0.1) is 0 Å². The Kier molecular flexibility index (Phi) is 10.1. The minimum Gasteiger partial charge on any atom is -0.301 e. The molecule has 0 heterocycles. The molecule has 1 N–H and O–H groups in total. The molecular formula is C11H25O5P. The predicted molar refractivity (Wildman–Crippen MR) is 66.5 cm³/mol. The van der Waals surface area contributed by atoms with Gasteiger partial charge in [-0.15, -0.1) is 4.67 Å². The lowest BCUT2D eigenvalue weighted by molar-refractivity contribution is -0.261. The molecule has 0 fully saturated rings. The topological polar surface area (TPSA) is 65.0 Å². The van der Waals surface area contributed by atoms with Crippen molar-refractivity contribution < 1.29 is 23.5 Å². The SMILES string of the molecule is CCCCCC(CC)OOP(=O)(O)OCCC. The highest BCUT2D eigenvalue weighted by molar-refractivity contribution is 7.47. The van der Waals surface area contributed by atoms with E-state index in [9.17, 15) is 9.46 Å². The summed E-state index contributed by atoms with van der Waals surface area (Å²) in [4.78, 5) is 14.2. The van der Waals surface area contributed by atoms with Gasteiger partial charge in [0.25, 0.3) is 0 Å². The quantitative estimate of drug-likeness (QED) is 0.267. The summed E-state index contributed by atoms with van der Waals surface area (Å²) >= 11 is 0. The molecule has 0 bridgehead atoms. The van der Waals surface area contributed by atoms with Crippen LogP contribution in [0.3, 0.4) is 0 Å². The van der Waals surface area contributed by atoms with Crippen LogP contribution in [0.15, 0.2) is 0 Å². The Morgan fingerprint density at radius 1 is 1.18 bits per heavy atom. The van der Waals surface area contributed by atoms with Gasteiger partial charge in [0.2, 0.25) is 0 Å². The molecule has 0 aliphatic heterocycles. The third kappa shape index (κ3) is 9.74. The van der Waals surface area contributed by atoms with Gasteiger partial charge < -0.3 is 4.89 Å². The van der Waals surface area contributed by atoms with Crippen molar-refractivity contribution in [1.29, 1.82) is 0 Å². The van der Waals surface area contributed by atoms with Crippen molar-refractivity contribution in [2.24, 2.45) is 0 Å². The highest BCUT2D eigenvalue weighted by Gasteiger charge is 2.24. The molecule has 0 rings (SSSR count). The number of hydrogen-bond acceptors (Lipinski definition) is 4. The van der Waals surface area contributed by atoms with Gasteiger partial charge in [-0.3, -0.25) is 4.52 Å². The highest BCUT2D eigenvalue weighted by atomic mass is 31.2. The van der Waals surface area contributed by atoms with Crippen LogP contribution in [-0.4, -0.2) is 17.6 Å². The lowest BCUT2D eigenvalue weighted by atomic mass is 10.1. The first-order chi connectivity index (χ1) is 8.05. The molecule has 0 saturated carbocycles. The van der Waals surface area contributed by atoms with Gasteiger partial charge in [-0.1, -0.05) is 40.0 Å². The molecule has 104 valence electrons. The minimum atomic E-state index is -4.04. The second-order valence-corrected chi connectivity index (χ2v) is 5.34. The number of unbranched alkanes of at least 4 members (excludes halogenated alkanes) is 2. The molecule has 0 aromatic heterocycles. The van der Waals surface area contributed by atoms with Gasteiger partial charge in [0.1, 0.15) is 0 Å². The zero-order valence-corrected chi connectivity index (χ0v) is 11.9. The summed E-state index contributed by atoms with van der Waals surface area (Å²) in [6.45, 7) is 6.11. The molecule has 0 aromatic carbocycles. The summed E-state index contributed by atoms with van der Waals surface area (Å²) in [5.74, 6) is 0. The molecule has 0 aliphatic rings. The van der Waals surface area contributed by atoms with Gasteiger partial charge >= 0.3 is 7.82 Å². The molecule has 6 heteroatoms. The Morgan fingerprint density at radius 3 is 2.41 bits per heavy atom. The summed E-state index contributed by atoms with van der Waals surface area (Å²) in [6.07, 6.45) is 5.38. The monoisotopic (exact) mass is 268 g/mol. The number of phosphoric ester groups is 1. The molecule has 0 aliphatic carbocycles. The van der Waals surface area contributed by atoms with Crippen molar-refractivity contribution in [2.75, 3.05) is 6.61 Å². The van der Waals surface area contributed by atoms with Gasteiger partial charge in [0, 0.05) is 0 Å². The van der Waals surface area contributed by atoms with Crippen molar-refractivity contribution in [3.05, 3.63) is 0 Å². The van der Waals surface area contributed by atoms with Gasteiger partial charge in [0.05, 0.1) is 12.7 Å². The smallest absolute Gasteiger partial charge is 0.301 e. The summed E-state index contributed by atoms with van der Waals surface area (Å²) in [6, 6.07) is 0. The maximum atomic E-state index is 11.3. The predicted octanol–water partition coefficient (Wildman–Crippen LogP) is 3.82. The maximum absolute atomic E-state index is 11.3. The molecule has 0 saturated heterocycles. The van der Waals surface area contributed by atoms with Crippen LogP contribution >= 0.6 is 7.82 Å². The zero-order chi connectivity index (χ0) is 13.1. The Balaban J connectivity index is 3.83. The van der Waals surface area contributed by atoms with Crippen molar-refractivity contribution in [1.82, 2.24) is 0 Å². The summed E-state index contributed by atoms with van der Waals surface area (Å²) in [5, 5.41) is 0. The lowest BCUT2D eigenvalue weighted by Gasteiger charge is -2.16. The number of hydrogen-bond donors (Lipinski definition) is 1. The fourth-order valence-electron chi connectivity index (χ4n) is 1.29. The van der Waals surface area contributed by atoms with Crippen LogP contribution in [0.25, 0.3) is 0 Å². The first-order valence-electron chi connectivity index (χ1n) is 6.38. The van der Waals surface area contributed by atoms with E-state index >= 15 is 0 Å². The number of rotatable bonds is 11. The van der Waals surface area contributed by atoms with Gasteiger partial charge in [-0.05, 0) is 19.3 Å². The van der Waals surface area contributed by atoms with Gasteiger partial charge in [-0.25, -0.2) is 9.45 Å². The molecule has 2 atom stereocenters. The first kappa shape index (κ1) is 17.1. The maximum Gasteiger partial charge on any atom is 0.499 e. The third-order valence-electron chi connectivity index (χ3n) is 2.32. The minimum absolute atomic E-state index is 0.146. The highest BCUT2D eigenvalue weighted by Crippen LogP contribution is 2.44. The van der Waals surface area contributed by atoms with E-state index in [4.69, 9.17) is 4.89 Å². The van der Waals surface area contributed by atoms with E-state index in [1.807, 2.05) is 13.8 Å². The molecule has 2 unspecified atom stereocenters. The Hall–Kier alpha value is 0.0700. The van der Waals surface area contributed by atoms with E-state index < -0.39 is 7.82 Å². The van der Waals surface area contributed by atoms with Crippen LogP contribution in [0.1, 0.15) is 59.3 Å². The average molecular weight is 268 g/mol. The first-order valence-corrected chi connectivity index (χ1v) is 7.87. The standard InChI is InChI=1S/C11H25O5P/c1-4-7-8-9-11(6-3)15-16-17(12,13)14-10-5-2/h11H,4-10H2,1-3H3,(H,12,13). The summed E-state index contributed by atoms with van der Waals surface area (Å²) in [5.41, 5.74) is 0. The summed E-state index contributed by atoms with van der Waals surface area (Å²) in [7, 11) is -4.04. The lowest BCUT2D eigenvalue weighted by Crippen LogP contribution is -2.12. The van der Waals surface area contributed by atoms with E-state index in [2.05, 4.69) is 16.1 Å². The zero-order valence-electron chi connectivity index (χ0n) is 11.1. The summed E-state index contributed by atoms with van der Waals surface area (Å²) < 4.78 is 20.5. The van der Waals surface area contributed by atoms with Gasteiger partial charge in [0.15, 0.2) is 0 Å². The molecule has 0 aromatic rings. The van der Waals surface area contributed by atoms with E-state index in [-0.39, 0.29) is 12.7 Å². The van der Waals surface area contributed by atoms with Crippen molar-refractivity contribution in [2.45, 2.75) is 65.4 Å². The molecule has 0 amide bonds. The van der Waals surface area contributed by atoms with E-state index in [1.54, 1.807) is 0 Å². The van der Waals surface area contributed by atoms with Gasteiger partial charge in [-0.2, -0.15) is 0 Å². The Labute approximate surface area is 104 Å². The number of phosphoric acid groups is 1. The van der Waals surface area contributed by atoms with Crippen LogP contribution in [0.4, 0.5) is 0 Å². The molecule has 0 spiro atoms. The fourth-order valence-corrected chi connectivity index (χ4v) is 1.97. The van der Waals surface area contributed by atoms with Crippen LogP contribution in [0.5, 0.6) is 0 Å². The average Bonchev–Trinajstić information content (AvgIpc) is 2.31. The van der Waals surface area contributed by atoms with Crippen molar-refractivity contribution in [3.63, 3.8) is 0 Å². The van der Waals surface area contributed by atoms with Crippen molar-refractivity contribution in [3.8, 4) is 0 Å². The van der Waals surface area contributed by atoms with E-state index in [1.165, 1.54) is 0 Å². The fraction of sp³-hybridized carbons (Fsp3) is 1.00.